The number of ketones is 1. The van der Waals surface area contributed by atoms with E-state index in [1.807, 2.05) is 6.07 Å². The lowest BCUT2D eigenvalue weighted by molar-refractivity contribution is -0.125. The third-order valence-electron chi connectivity index (χ3n) is 2.32. The zero-order valence-electron chi connectivity index (χ0n) is 6.59. The molecule has 0 aromatic heterocycles. The Morgan fingerprint density at radius 3 is 2.75 bits per heavy atom. The van der Waals surface area contributed by atoms with Crippen LogP contribution >= 0.6 is 0 Å². The first-order valence-corrected chi connectivity index (χ1v) is 4.05. The van der Waals surface area contributed by atoms with Gasteiger partial charge in [-0.3, -0.25) is 4.79 Å². The minimum absolute atomic E-state index is 0.0271. The van der Waals surface area contributed by atoms with Crippen LogP contribution in [0.4, 0.5) is 4.39 Å². The van der Waals surface area contributed by atoms with Crippen LogP contribution in [0.15, 0.2) is 24.3 Å². The average Bonchev–Trinajstić information content (AvgIpc) is 2.02. The van der Waals surface area contributed by atoms with Crippen LogP contribution in [0.2, 0.25) is 0 Å². The van der Waals surface area contributed by atoms with Crippen LogP contribution in [0.5, 0.6) is 0 Å². The minimum Gasteiger partial charge on any atom is -0.299 e. The van der Waals surface area contributed by atoms with E-state index < -0.39 is 0 Å². The van der Waals surface area contributed by atoms with Gasteiger partial charge in [0.15, 0.2) is 0 Å². The van der Waals surface area contributed by atoms with Crippen molar-refractivity contribution in [3.63, 3.8) is 0 Å². The molecule has 0 N–H and O–H groups in total. The SMILES string of the molecule is O=C1CC[C@H]1c1cccc(F)c1. The summed E-state index contributed by atoms with van der Waals surface area (Å²) in [5.74, 6) is -0.0477. The van der Waals surface area contributed by atoms with E-state index in [-0.39, 0.29) is 17.5 Å². The second-order valence-corrected chi connectivity index (χ2v) is 3.11. The lowest BCUT2D eigenvalue weighted by Gasteiger charge is -2.23. The highest BCUT2D eigenvalue weighted by molar-refractivity contribution is 5.91. The minimum atomic E-state index is -0.257. The molecule has 0 heterocycles. The van der Waals surface area contributed by atoms with Crippen molar-refractivity contribution in [1.82, 2.24) is 0 Å². The summed E-state index contributed by atoms with van der Waals surface area (Å²) in [6.45, 7) is 0. The Balaban J connectivity index is 2.28. The van der Waals surface area contributed by atoms with Crippen molar-refractivity contribution in [3.05, 3.63) is 35.6 Å². The highest BCUT2D eigenvalue weighted by Crippen LogP contribution is 2.32. The predicted molar refractivity (Wildman–Crippen MR) is 43.4 cm³/mol. The molecule has 1 aromatic rings. The molecule has 0 bridgehead atoms. The molecule has 1 fully saturated rings. The maximum atomic E-state index is 12.7. The summed E-state index contributed by atoms with van der Waals surface area (Å²) in [5, 5.41) is 0. The molecule has 1 aromatic carbocycles. The Morgan fingerprint density at radius 1 is 1.42 bits per heavy atom. The molecule has 0 spiro atoms. The molecule has 1 aliphatic rings. The van der Waals surface area contributed by atoms with Gasteiger partial charge in [0.25, 0.3) is 0 Å². The van der Waals surface area contributed by atoms with Crippen LogP contribution in [-0.2, 0) is 4.79 Å². The normalized spacial score (nSPS) is 22.1. The number of rotatable bonds is 1. The smallest absolute Gasteiger partial charge is 0.140 e. The van der Waals surface area contributed by atoms with E-state index in [2.05, 4.69) is 0 Å². The number of benzene rings is 1. The monoisotopic (exact) mass is 164 g/mol. The summed E-state index contributed by atoms with van der Waals surface area (Å²) in [7, 11) is 0. The van der Waals surface area contributed by atoms with Crippen LogP contribution in [0.3, 0.4) is 0 Å². The van der Waals surface area contributed by atoms with Gasteiger partial charge in [-0.25, -0.2) is 4.39 Å². The number of halogens is 1. The molecule has 0 unspecified atom stereocenters. The Bertz CT molecular complexity index is 319. The van der Waals surface area contributed by atoms with Gasteiger partial charge in [0.2, 0.25) is 0 Å². The second kappa shape index (κ2) is 2.70. The van der Waals surface area contributed by atoms with Gasteiger partial charge in [-0.05, 0) is 24.1 Å². The first kappa shape index (κ1) is 7.47. The molecule has 0 radical (unpaired) electrons. The van der Waals surface area contributed by atoms with Gasteiger partial charge in [0, 0.05) is 12.3 Å². The van der Waals surface area contributed by atoms with E-state index in [1.165, 1.54) is 12.1 Å². The molecule has 1 aliphatic carbocycles. The van der Waals surface area contributed by atoms with E-state index in [1.54, 1.807) is 6.07 Å². The maximum Gasteiger partial charge on any atom is 0.140 e. The summed E-state index contributed by atoms with van der Waals surface area (Å²) < 4.78 is 12.7. The lowest BCUT2D eigenvalue weighted by atomic mass is 9.79. The molecule has 0 saturated heterocycles. The molecule has 1 nitrogen and oxygen atoms in total. The van der Waals surface area contributed by atoms with Crippen LogP contribution in [-0.4, -0.2) is 5.78 Å². The number of Topliss-reactive ketones (excluding diaryl/α,β-unsaturated/α-hetero) is 1. The van der Waals surface area contributed by atoms with Gasteiger partial charge in [0.1, 0.15) is 11.6 Å². The molecule has 0 amide bonds. The fraction of sp³-hybridized carbons (Fsp3) is 0.300. The van der Waals surface area contributed by atoms with Crippen molar-refractivity contribution >= 4 is 5.78 Å². The predicted octanol–water partition coefficient (Wildman–Crippen LogP) is 2.27. The summed E-state index contributed by atoms with van der Waals surface area (Å²) in [5.41, 5.74) is 0.825. The molecular formula is C10H9FO. The zero-order valence-corrected chi connectivity index (χ0v) is 6.59. The average molecular weight is 164 g/mol. The number of carbonyl (C=O) groups excluding carboxylic acids is 1. The van der Waals surface area contributed by atoms with Crippen LogP contribution in [0.25, 0.3) is 0 Å². The Kier molecular flexibility index (Phi) is 1.68. The largest absolute Gasteiger partial charge is 0.299 e. The quantitative estimate of drug-likeness (QED) is 0.622. The Labute approximate surface area is 70.2 Å². The van der Waals surface area contributed by atoms with Crippen molar-refractivity contribution in [2.75, 3.05) is 0 Å². The van der Waals surface area contributed by atoms with Gasteiger partial charge in [-0.1, -0.05) is 12.1 Å². The Hall–Kier alpha value is -1.18. The van der Waals surface area contributed by atoms with Crippen LogP contribution < -0.4 is 0 Å². The van der Waals surface area contributed by atoms with Crippen molar-refractivity contribution in [1.29, 1.82) is 0 Å². The van der Waals surface area contributed by atoms with E-state index >= 15 is 0 Å². The zero-order chi connectivity index (χ0) is 8.55. The molecule has 12 heavy (non-hydrogen) atoms. The second-order valence-electron chi connectivity index (χ2n) is 3.11. The van der Waals surface area contributed by atoms with Crippen molar-refractivity contribution < 1.29 is 9.18 Å². The van der Waals surface area contributed by atoms with Gasteiger partial charge in [-0.2, -0.15) is 0 Å². The molecule has 1 saturated carbocycles. The molecule has 2 rings (SSSR count). The summed E-state index contributed by atoms with van der Waals surface area (Å²) in [4.78, 5) is 11.0. The molecular weight excluding hydrogens is 155 g/mol. The van der Waals surface area contributed by atoms with Crippen LogP contribution in [0.1, 0.15) is 24.3 Å². The van der Waals surface area contributed by atoms with Gasteiger partial charge >= 0.3 is 0 Å². The molecule has 62 valence electrons. The first-order valence-electron chi connectivity index (χ1n) is 4.05. The number of hydrogen-bond acceptors (Lipinski definition) is 1. The summed E-state index contributed by atoms with van der Waals surface area (Å²) >= 11 is 0. The van der Waals surface area contributed by atoms with Crippen molar-refractivity contribution in [2.45, 2.75) is 18.8 Å². The molecule has 2 heteroatoms. The molecule has 0 aliphatic heterocycles. The maximum absolute atomic E-state index is 12.7. The van der Waals surface area contributed by atoms with E-state index in [0.717, 1.165) is 12.0 Å². The third kappa shape index (κ3) is 1.13. The van der Waals surface area contributed by atoms with Gasteiger partial charge in [0.05, 0.1) is 0 Å². The standard InChI is InChI=1S/C10H9FO/c11-8-3-1-2-7(6-8)9-4-5-10(9)12/h1-3,6,9H,4-5H2/t9-/m0/s1. The lowest BCUT2D eigenvalue weighted by Crippen LogP contribution is -2.23. The third-order valence-corrected chi connectivity index (χ3v) is 2.32. The first-order chi connectivity index (χ1) is 5.77. The van der Waals surface area contributed by atoms with E-state index in [4.69, 9.17) is 0 Å². The highest BCUT2D eigenvalue weighted by Gasteiger charge is 2.29. The fourth-order valence-corrected chi connectivity index (χ4v) is 1.48. The van der Waals surface area contributed by atoms with Crippen molar-refractivity contribution in [2.24, 2.45) is 0 Å². The van der Waals surface area contributed by atoms with Gasteiger partial charge < -0.3 is 0 Å². The Morgan fingerprint density at radius 2 is 2.25 bits per heavy atom. The van der Waals surface area contributed by atoms with Gasteiger partial charge in [-0.15, -0.1) is 0 Å². The van der Waals surface area contributed by atoms with Crippen LogP contribution in [0, 0.1) is 5.82 Å². The number of carbonyl (C=O) groups is 1. The fourth-order valence-electron chi connectivity index (χ4n) is 1.48. The summed E-state index contributed by atoms with van der Waals surface area (Å²) in [6, 6.07) is 6.30. The topological polar surface area (TPSA) is 17.1 Å². The summed E-state index contributed by atoms with van der Waals surface area (Å²) in [6.07, 6.45) is 1.53. The van der Waals surface area contributed by atoms with Crippen molar-refractivity contribution in [3.8, 4) is 0 Å². The highest BCUT2D eigenvalue weighted by atomic mass is 19.1. The molecule has 1 atom stereocenters. The van der Waals surface area contributed by atoms with E-state index in [0.29, 0.717) is 6.42 Å². The number of hydrogen-bond donors (Lipinski definition) is 0. The van der Waals surface area contributed by atoms with E-state index in [9.17, 15) is 9.18 Å².